The smallest absolute Gasteiger partial charge is 0.265 e. The molecule has 7 nitrogen and oxygen atoms in total. The van der Waals surface area contributed by atoms with E-state index in [0.717, 1.165) is 42.8 Å². The number of benzene rings is 7. The molecule has 0 bridgehead atoms. The summed E-state index contributed by atoms with van der Waals surface area (Å²) in [6, 6.07) is 29.7. The van der Waals surface area contributed by atoms with Gasteiger partial charge >= 0.3 is 0 Å². The zero-order valence-electron chi connectivity index (χ0n) is 23.9. The first kappa shape index (κ1) is 25.4. The molecule has 0 aromatic heterocycles. The monoisotopic (exact) mass is 586 g/mol. The van der Waals surface area contributed by atoms with Gasteiger partial charge in [-0.3, -0.25) is 24.1 Å². The first-order valence-electron chi connectivity index (χ1n) is 14.7. The third-order valence-electron chi connectivity index (χ3n) is 9.44. The molecular formula is C38H22N2O5. The van der Waals surface area contributed by atoms with Crippen LogP contribution in [0.25, 0.3) is 43.1 Å². The van der Waals surface area contributed by atoms with Gasteiger partial charge in [-0.25, -0.2) is 4.90 Å². The Morgan fingerprint density at radius 1 is 0.489 bits per heavy atom. The molecule has 0 saturated heterocycles. The summed E-state index contributed by atoms with van der Waals surface area (Å²) in [5.41, 5.74) is 2.99. The van der Waals surface area contributed by atoms with Gasteiger partial charge in [-0.2, -0.15) is 0 Å². The lowest BCUT2D eigenvalue weighted by Crippen LogP contribution is -2.42. The topological polar surface area (TPSA) is 95.0 Å². The van der Waals surface area contributed by atoms with Crippen molar-refractivity contribution in [3.8, 4) is 5.75 Å². The Bertz CT molecular complexity index is 2360. The van der Waals surface area contributed by atoms with Crippen LogP contribution in [0.3, 0.4) is 0 Å². The minimum atomic E-state index is -0.449. The summed E-state index contributed by atoms with van der Waals surface area (Å²) < 4.78 is 0. The van der Waals surface area contributed by atoms with Gasteiger partial charge in [0, 0.05) is 33.0 Å². The first-order chi connectivity index (χ1) is 21.8. The van der Waals surface area contributed by atoms with Crippen LogP contribution >= 0.6 is 0 Å². The maximum absolute atomic E-state index is 14.0. The number of carbonyl (C=O) groups is 4. The number of anilines is 1. The quantitative estimate of drug-likeness (QED) is 0.131. The van der Waals surface area contributed by atoms with Crippen molar-refractivity contribution < 1.29 is 24.3 Å². The lowest BCUT2D eigenvalue weighted by atomic mass is 9.82. The number of amides is 4. The van der Waals surface area contributed by atoms with E-state index < -0.39 is 17.9 Å². The summed E-state index contributed by atoms with van der Waals surface area (Å²) in [6.07, 6.45) is 0. The Balaban J connectivity index is 1.29. The fourth-order valence-corrected chi connectivity index (χ4v) is 7.36. The molecule has 2 heterocycles. The molecule has 9 rings (SSSR count). The van der Waals surface area contributed by atoms with Gasteiger partial charge in [0.05, 0.1) is 11.7 Å². The second kappa shape index (κ2) is 8.74. The third kappa shape index (κ3) is 3.19. The second-order valence-corrected chi connectivity index (χ2v) is 11.7. The normalized spacial score (nSPS) is 15.3. The molecule has 1 atom stereocenters. The fourth-order valence-electron chi connectivity index (χ4n) is 7.36. The summed E-state index contributed by atoms with van der Waals surface area (Å²) in [7, 11) is 0. The maximum atomic E-state index is 14.0. The molecule has 0 spiro atoms. The molecule has 4 amide bonds. The Labute approximate surface area is 255 Å². The van der Waals surface area contributed by atoms with Crippen molar-refractivity contribution in [1.82, 2.24) is 4.90 Å². The number of hydrogen-bond donors (Lipinski definition) is 1. The molecule has 214 valence electrons. The number of nitrogens with zero attached hydrogens (tertiary/aromatic N) is 2. The van der Waals surface area contributed by atoms with E-state index in [9.17, 15) is 24.3 Å². The standard InChI is InChI=1S/C38H22N2O5/c1-19(20-5-3-2-4-6-20)39-35(42)27-15-11-23-25-13-17-29-34-30(38(45)40(37(29)44)21-7-9-22(41)10-8-21)18-14-26(32(25)34)24-12-16-28(36(39)43)33(27)31(23)24/h2-19,41H,1H3/t19-/m0/s1. The first-order valence-corrected chi connectivity index (χ1v) is 14.7. The van der Waals surface area contributed by atoms with E-state index in [4.69, 9.17) is 0 Å². The summed E-state index contributed by atoms with van der Waals surface area (Å²) in [6.45, 7) is 1.86. The largest absolute Gasteiger partial charge is 0.508 e. The second-order valence-electron chi connectivity index (χ2n) is 11.7. The van der Waals surface area contributed by atoms with E-state index in [1.54, 1.807) is 36.4 Å². The van der Waals surface area contributed by atoms with Crippen molar-refractivity contribution in [3.63, 3.8) is 0 Å². The predicted molar refractivity (Wildman–Crippen MR) is 172 cm³/mol. The van der Waals surface area contributed by atoms with Crippen LogP contribution in [-0.4, -0.2) is 33.6 Å². The van der Waals surface area contributed by atoms with Gasteiger partial charge in [0.25, 0.3) is 23.6 Å². The zero-order chi connectivity index (χ0) is 30.7. The molecule has 7 heteroatoms. The lowest BCUT2D eigenvalue weighted by molar-refractivity contribution is 0.0549. The SMILES string of the molecule is C[C@@H](c1ccccc1)N1C(=O)c2ccc3c4ccc5c6c(ccc(c7ccc(c2c37)C1=O)c64)C(=O)N(c1ccc(O)cc1)C5=O. The van der Waals surface area contributed by atoms with Crippen LogP contribution in [-0.2, 0) is 0 Å². The summed E-state index contributed by atoms with van der Waals surface area (Å²) in [4.78, 5) is 58.1. The zero-order valence-corrected chi connectivity index (χ0v) is 23.9. The van der Waals surface area contributed by atoms with Crippen LogP contribution in [0, 0.1) is 0 Å². The summed E-state index contributed by atoms with van der Waals surface area (Å²) in [5.74, 6) is -1.53. The van der Waals surface area contributed by atoms with Crippen molar-refractivity contribution in [2.24, 2.45) is 0 Å². The molecule has 2 aliphatic rings. The van der Waals surface area contributed by atoms with Crippen LogP contribution in [0.4, 0.5) is 5.69 Å². The molecule has 45 heavy (non-hydrogen) atoms. The highest BCUT2D eigenvalue weighted by atomic mass is 16.3. The van der Waals surface area contributed by atoms with E-state index in [-0.39, 0.29) is 17.6 Å². The number of fused-ring (bicyclic) bond motifs is 2. The number of aromatic hydroxyl groups is 1. The van der Waals surface area contributed by atoms with E-state index in [1.807, 2.05) is 61.5 Å². The molecule has 0 aliphatic carbocycles. The molecule has 2 aliphatic heterocycles. The van der Waals surface area contributed by atoms with Gasteiger partial charge in [0.15, 0.2) is 0 Å². The van der Waals surface area contributed by atoms with Gasteiger partial charge in [-0.05, 0) is 93.3 Å². The van der Waals surface area contributed by atoms with Crippen molar-refractivity contribution in [3.05, 3.63) is 131 Å². The van der Waals surface area contributed by atoms with Crippen LogP contribution in [0.1, 0.15) is 60.0 Å². The number of carbonyl (C=O) groups excluding carboxylic acids is 4. The van der Waals surface area contributed by atoms with Crippen molar-refractivity contribution >= 4 is 72.4 Å². The molecule has 0 fully saturated rings. The highest BCUT2D eigenvalue weighted by molar-refractivity contribution is 6.43. The van der Waals surface area contributed by atoms with Gasteiger partial charge < -0.3 is 5.11 Å². The van der Waals surface area contributed by atoms with Gasteiger partial charge in [-0.15, -0.1) is 0 Å². The Morgan fingerprint density at radius 2 is 0.911 bits per heavy atom. The van der Waals surface area contributed by atoms with E-state index in [0.29, 0.717) is 38.7 Å². The van der Waals surface area contributed by atoms with E-state index in [2.05, 4.69) is 0 Å². The lowest BCUT2D eigenvalue weighted by Gasteiger charge is -2.33. The van der Waals surface area contributed by atoms with Crippen molar-refractivity contribution in [1.29, 1.82) is 0 Å². The molecule has 0 saturated carbocycles. The van der Waals surface area contributed by atoms with Gasteiger partial charge in [-0.1, -0.05) is 54.6 Å². The Kier molecular flexibility index (Phi) is 4.94. The molecule has 0 unspecified atom stereocenters. The Morgan fingerprint density at radius 3 is 1.36 bits per heavy atom. The minimum absolute atomic E-state index is 0.0372. The molecular weight excluding hydrogens is 564 g/mol. The molecule has 0 radical (unpaired) electrons. The number of phenolic OH excluding ortho intramolecular Hbond substituents is 1. The molecule has 7 aromatic rings. The van der Waals surface area contributed by atoms with Crippen LogP contribution in [0.2, 0.25) is 0 Å². The minimum Gasteiger partial charge on any atom is -0.508 e. The highest BCUT2D eigenvalue weighted by Gasteiger charge is 2.39. The van der Waals surface area contributed by atoms with Crippen LogP contribution in [0.15, 0.2) is 103 Å². The number of phenols is 1. The van der Waals surface area contributed by atoms with Crippen LogP contribution in [0.5, 0.6) is 5.75 Å². The van der Waals surface area contributed by atoms with Gasteiger partial charge in [0.2, 0.25) is 0 Å². The number of hydrogen-bond acceptors (Lipinski definition) is 5. The fraction of sp³-hybridized carbons (Fsp3) is 0.0526. The van der Waals surface area contributed by atoms with Gasteiger partial charge in [0.1, 0.15) is 5.75 Å². The average molecular weight is 587 g/mol. The van der Waals surface area contributed by atoms with Crippen molar-refractivity contribution in [2.45, 2.75) is 13.0 Å². The van der Waals surface area contributed by atoms with Crippen LogP contribution < -0.4 is 4.90 Å². The average Bonchev–Trinajstić information content (AvgIpc) is 3.06. The maximum Gasteiger partial charge on any atom is 0.265 e. The summed E-state index contributed by atoms with van der Waals surface area (Å²) >= 11 is 0. The number of imide groups is 2. The van der Waals surface area contributed by atoms with E-state index >= 15 is 0 Å². The molecule has 7 aromatic carbocycles. The predicted octanol–water partition coefficient (Wildman–Crippen LogP) is 7.60. The Hall–Kier alpha value is -6.08. The number of rotatable bonds is 3. The van der Waals surface area contributed by atoms with Crippen molar-refractivity contribution in [2.75, 3.05) is 4.90 Å². The molecule has 1 N–H and O–H groups in total. The summed E-state index contributed by atoms with van der Waals surface area (Å²) in [5, 5.41) is 15.9. The van der Waals surface area contributed by atoms with E-state index in [1.165, 1.54) is 17.0 Å². The highest BCUT2D eigenvalue weighted by Crippen LogP contribution is 2.47. The third-order valence-corrected chi connectivity index (χ3v) is 9.44.